The molecular weight excluding hydrogens is 414 g/mol. The van der Waals surface area contributed by atoms with Gasteiger partial charge in [-0.15, -0.1) is 0 Å². The van der Waals surface area contributed by atoms with Crippen LogP contribution in [-0.4, -0.2) is 45.2 Å². The van der Waals surface area contributed by atoms with Gasteiger partial charge in [0.25, 0.3) is 5.91 Å². The molecule has 3 aromatic carbocycles. The quantitative estimate of drug-likeness (QED) is 0.554. The average molecular weight is 440 g/mol. The highest BCUT2D eigenvalue weighted by atomic mass is 16.5. The van der Waals surface area contributed by atoms with Crippen molar-refractivity contribution in [2.75, 3.05) is 43.2 Å². The van der Waals surface area contributed by atoms with Gasteiger partial charge in [-0.3, -0.25) is 9.69 Å². The van der Waals surface area contributed by atoms with Crippen molar-refractivity contribution in [3.63, 3.8) is 0 Å². The highest BCUT2D eigenvalue weighted by Gasteiger charge is 2.32. The van der Waals surface area contributed by atoms with Crippen LogP contribution >= 0.6 is 0 Å². The van der Waals surface area contributed by atoms with E-state index >= 15 is 0 Å². The number of benzene rings is 3. The van der Waals surface area contributed by atoms with Crippen molar-refractivity contribution < 1.29 is 14.3 Å². The number of anilines is 2. The molecule has 0 atom stereocenters. The second-order valence-electron chi connectivity index (χ2n) is 7.86. The second-order valence-corrected chi connectivity index (χ2v) is 7.86. The number of amidine groups is 1. The van der Waals surface area contributed by atoms with Gasteiger partial charge in [-0.05, 0) is 48.0 Å². The molecule has 0 radical (unpaired) electrons. The first-order valence-electron chi connectivity index (χ1n) is 11.0. The van der Waals surface area contributed by atoms with Crippen LogP contribution in [0, 0.1) is 0 Å². The Morgan fingerprint density at radius 2 is 1.55 bits per heavy atom. The monoisotopic (exact) mass is 439 g/mol. The molecule has 0 N–H and O–H groups in total. The smallest absolute Gasteiger partial charge is 0.282 e. The summed E-state index contributed by atoms with van der Waals surface area (Å²) in [4.78, 5) is 22.2. The van der Waals surface area contributed by atoms with E-state index in [1.807, 2.05) is 72.8 Å². The third-order valence-corrected chi connectivity index (χ3v) is 5.80. The van der Waals surface area contributed by atoms with E-state index in [0.29, 0.717) is 11.5 Å². The Hall–Kier alpha value is -3.90. The lowest BCUT2D eigenvalue weighted by Crippen LogP contribution is -2.36. The summed E-state index contributed by atoms with van der Waals surface area (Å²) in [6.07, 6.45) is 1.81. The van der Waals surface area contributed by atoms with Crippen molar-refractivity contribution in [1.29, 1.82) is 0 Å². The number of rotatable bonds is 5. The minimum Gasteiger partial charge on any atom is -0.497 e. The molecule has 0 aliphatic carbocycles. The topological polar surface area (TPSA) is 54.4 Å². The van der Waals surface area contributed by atoms with Crippen LogP contribution in [0.15, 0.2) is 89.6 Å². The van der Waals surface area contributed by atoms with Crippen LogP contribution in [0.5, 0.6) is 5.75 Å². The maximum absolute atomic E-state index is 13.5. The fourth-order valence-electron chi connectivity index (χ4n) is 4.03. The third-order valence-electron chi connectivity index (χ3n) is 5.80. The van der Waals surface area contributed by atoms with Gasteiger partial charge in [0.05, 0.1) is 26.0 Å². The molecule has 166 valence electrons. The fourth-order valence-corrected chi connectivity index (χ4v) is 4.03. The average Bonchev–Trinajstić information content (AvgIpc) is 3.21. The SMILES string of the molecule is COc1ccc(/C=C2\N=C(c3ccccc3)N(c3ccc(N4CCOCC4)cc3)C2=O)cc1. The van der Waals surface area contributed by atoms with Crippen LogP contribution in [-0.2, 0) is 9.53 Å². The van der Waals surface area contributed by atoms with Gasteiger partial charge in [0.2, 0.25) is 0 Å². The molecule has 0 saturated carbocycles. The number of amides is 1. The lowest BCUT2D eigenvalue weighted by molar-refractivity contribution is -0.113. The van der Waals surface area contributed by atoms with Crippen LogP contribution in [0.1, 0.15) is 11.1 Å². The molecule has 1 saturated heterocycles. The summed E-state index contributed by atoms with van der Waals surface area (Å²) < 4.78 is 10.7. The van der Waals surface area contributed by atoms with Crippen LogP contribution in [0.2, 0.25) is 0 Å². The van der Waals surface area contributed by atoms with Gasteiger partial charge in [0, 0.05) is 24.3 Å². The van der Waals surface area contributed by atoms with E-state index in [2.05, 4.69) is 17.0 Å². The zero-order valence-corrected chi connectivity index (χ0v) is 18.5. The van der Waals surface area contributed by atoms with E-state index < -0.39 is 0 Å². The van der Waals surface area contributed by atoms with Gasteiger partial charge in [-0.2, -0.15) is 0 Å². The Morgan fingerprint density at radius 3 is 2.21 bits per heavy atom. The number of aliphatic imine (C=N–C) groups is 1. The summed E-state index contributed by atoms with van der Waals surface area (Å²) in [7, 11) is 1.63. The number of carbonyl (C=O) groups excluding carboxylic acids is 1. The first-order valence-corrected chi connectivity index (χ1v) is 11.0. The Kier molecular flexibility index (Phi) is 5.91. The minimum absolute atomic E-state index is 0.149. The van der Waals surface area contributed by atoms with Gasteiger partial charge in [0.1, 0.15) is 17.3 Å². The Morgan fingerprint density at radius 1 is 0.879 bits per heavy atom. The number of ether oxygens (including phenoxy) is 2. The lowest BCUT2D eigenvalue weighted by atomic mass is 10.1. The maximum Gasteiger partial charge on any atom is 0.282 e. The molecule has 0 unspecified atom stereocenters. The van der Waals surface area contributed by atoms with Crippen molar-refractivity contribution in [2.24, 2.45) is 4.99 Å². The van der Waals surface area contributed by atoms with Crippen LogP contribution < -0.4 is 14.5 Å². The lowest BCUT2D eigenvalue weighted by Gasteiger charge is -2.29. The standard InChI is InChI=1S/C27H25N3O3/c1-32-24-13-7-20(8-14-24)19-25-27(31)30(26(28-25)21-5-3-2-4-6-21)23-11-9-22(10-12-23)29-15-17-33-18-16-29/h2-14,19H,15-18H2,1H3/b25-19-. The second kappa shape index (κ2) is 9.30. The Balaban J connectivity index is 1.49. The summed E-state index contributed by atoms with van der Waals surface area (Å²) in [5.41, 5.74) is 4.09. The maximum atomic E-state index is 13.5. The predicted octanol–water partition coefficient (Wildman–Crippen LogP) is 4.37. The summed E-state index contributed by atoms with van der Waals surface area (Å²) in [5, 5.41) is 0. The highest BCUT2D eigenvalue weighted by molar-refractivity contribution is 6.33. The van der Waals surface area contributed by atoms with Crippen molar-refractivity contribution in [1.82, 2.24) is 0 Å². The molecular formula is C27H25N3O3. The predicted molar refractivity (Wildman–Crippen MR) is 131 cm³/mol. The summed E-state index contributed by atoms with van der Waals surface area (Å²) >= 11 is 0. The van der Waals surface area contributed by atoms with Gasteiger partial charge in [-0.25, -0.2) is 4.99 Å². The van der Waals surface area contributed by atoms with Gasteiger partial charge in [0.15, 0.2) is 0 Å². The number of hydrogen-bond donors (Lipinski definition) is 0. The molecule has 1 fully saturated rings. The van der Waals surface area contributed by atoms with E-state index in [1.165, 1.54) is 0 Å². The van der Waals surface area contributed by atoms with E-state index in [1.54, 1.807) is 12.0 Å². The van der Waals surface area contributed by atoms with Crippen molar-refractivity contribution >= 4 is 29.2 Å². The number of carbonyl (C=O) groups is 1. The largest absolute Gasteiger partial charge is 0.497 e. The van der Waals surface area contributed by atoms with E-state index in [9.17, 15) is 4.79 Å². The van der Waals surface area contributed by atoms with E-state index in [-0.39, 0.29) is 5.91 Å². The molecule has 5 rings (SSSR count). The Labute approximate surface area is 193 Å². The van der Waals surface area contributed by atoms with Crippen LogP contribution in [0.25, 0.3) is 6.08 Å². The zero-order chi connectivity index (χ0) is 22.6. The molecule has 6 heteroatoms. The number of morpholine rings is 1. The van der Waals surface area contributed by atoms with Gasteiger partial charge < -0.3 is 14.4 Å². The highest BCUT2D eigenvalue weighted by Crippen LogP contribution is 2.30. The van der Waals surface area contributed by atoms with Gasteiger partial charge in [-0.1, -0.05) is 42.5 Å². The van der Waals surface area contributed by atoms with E-state index in [4.69, 9.17) is 14.5 Å². The molecule has 2 aliphatic heterocycles. The third kappa shape index (κ3) is 4.38. The number of hydrogen-bond acceptors (Lipinski definition) is 5. The van der Waals surface area contributed by atoms with Crippen molar-refractivity contribution in [3.8, 4) is 5.75 Å². The summed E-state index contributed by atoms with van der Waals surface area (Å²) in [6.45, 7) is 3.20. The zero-order valence-electron chi connectivity index (χ0n) is 18.5. The number of nitrogens with zero attached hydrogens (tertiary/aromatic N) is 3. The number of methoxy groups -OCH3 is 1. The van der Waals surface area contributed by atoms with Crippen LogP contribution in [0.4, 0.5) is 11.4 Å². The molecule has 2 aliphatic rings. The van der Waals surface area contributed by atoms with E-state index in [0.717, 1.165) is 54.6 Å². The molecule has 0 bridgehead atoms. The van der Waals surface area contributed by atoms with Crippen molar-refractivity contribution in [2.45, 2.75) is 0 Å². The van der Waals surface area contributed by atoms with Crippen LogP contribution in [0.3, 0.4) is 0 Å². The first-order chi connectivity index (χ1) is 16.2. The molecule has 3 aromatic rings. The molecule has 1 amide bonds. The summed E-state index contributed by atoms with van der Waals surface area (Å²) in [6, 6.07) is 25.4. The normalized spacial score (nSPS) is 17.4. The molecule has 2 heterocycles. The fraction of sp³-hybridized carbons (Fsp3) is 0.185. The first kappa shape index (κ1) is 21.0. The van der Waals surface area contributed by atoms with Crippen molar-refractivity contribution in [3.05, 3.63) is 95.7 Å². The summed E-state index contributed by atoms with van der Waals surface area (Å²) in [5.74, 6) is 1.24. The Bertz CT molecular complexity index is 1180. The molecule has 33 heavy (non-hydrogen) atoms. The van der Waals surface area contributed by atoms with Gasteiger partial charge >= 0.3 is 0 Å². The molecule has 0 spiro atoms. The minimum atomic E-state index is -0.149. The molecule has 6 nitrogen and oxygen atoms in total. The molecule has 0 aromatic heterocycles.